The number of sulfonamides is 1. The Balaban J connectivity index is 2.39. The van der Waals surface area contributed by atoms with E-state index in [4.69, 9.17) is 0 Å². The fraction of sp³-hybridized carbons (Fsp3) is 0.455. The van der Waals surface area contributed by atoms with Crippen molar-refractivity contribution in [2.24, 2.45) is 0 Å². The van der Waals surface area contributed by atoms with Crippen molar-refractivity contribution in [3.63, 3.8) is 0 Å². The summed E-state index contributed by atoms with van der Waals surface area (Å²) in [6.07, 6.45) is 1.26. The minimum atomic E-state index is -3.11. The number of anilines is 1. The van der Waals surface area contributed by atoms with Crippen LogP contribution in [0.15, 0.2) is 24.3 Å². The van der Waals surface area contributed by atoms with Crippen molar-refractivity contribution < 1.29 is 8.42 Å². The van der Waals surface area contributed by atoms with Gasteiger partial charge in [-0.2, -0.15) is 4.31 Å². The number of nitrogens with zero attached hydrogens (tertiary/aromatic N) is 2. The Hall–Kier alpha value is -1.07. The lowest BCUT2D eigenvalue weighted by molar-refractivity contribution is 0.424. The summed E-state index contributed by atoms with van der Waals surface area (Å²) in [5.74, 6) is 0. The highest BCUT2D eigenvalue weighted by Crippen LogP contribution is 2.24. The van der Waals surface area contributed by atoms with E-state index >= 15 is 0 Å². The Kier molecular flexibility index (Phi) is 2.90. The molecule has 0 aromatic heterocycles. The molecule has 0 saturated carbocycles. The Morgan fingerprint density at radius 3 is 2.56 bits per heavy atom. The fourth-order valence-corrected chi connectivity index (χ4v) is 2.74. The van der Waals surface area contributed by atoms with E-state index in [1.165, 1.54) is 10.6 Å². The molecule has 1 heterocycles. The third-order valence-corrected chi connectivity index (χ3v) is 4.15. The molecule has 1 aliphatic heterocycles. The van der Waals surface area contributed by atoms with Crippen LogP contribution >= 0.6 is 0 Å². The quantitative estimate of drug-likeness (QED) is 0.732. The third kappa shape index (κ3) is 2.20. The second-order valence-electron chi connectivity index (χ2n) is 4.15. The highest BCUT2D eigenvalue weighted by Gasteiger charge is 2.22. The first-order valence-corrected chi connectivity index (χ1v) is 7.07. The molecule has 0 aliphatic carbocycles. The number of likely N-dealkylation sites (N-methyl/N-ethyl adjacent to an activating group) is 1. The van der Waals surface area contributed by atoms with Crippen molar-refractivity contribution in [2.75, 3.05) is 31.3 Å². The van der Waals surface area contributed by atoms with Gasteiger partial charge >= 0.3 is 0 Å². The summed E-state index contributed by atoms with van der Waals surface area (Å²) in [6, 6.07) is 7.93. The molecule has 0 bridgehead atoms. The molecule has 0 spiro atoms. The van der Waals surface area contributed by atoms with Crippen molar-refractivity contribution in [1.82, 2.24) is 4.31 Å². The van der Waals surface area contributed by atoms with Gasteiger partial charge < -0.3 is 4.90 Å². The summed E-state index contributed by atoms with van der Waals surface area (Å²) in [6.45, 7) is 1.74. The van der Waals surface area contributed by atoms with E-state index in [-0.39, 0.29) is 0 Å². The van der Waals surface area contributed by atoms with Crippen LogP contribution < -0.4 is 4.90 Å². The van der Waals surface area contributed by atoms with E-state index in [2.05, 4.69) is 4.90 Å². The molecule has 2 rings (SSSR count). The van der Waals surface area contributed by atoms with Crippen LogP contribution in [0.5, 0.6) is 0 Å². The predicted octanol–water partition coefficient (Wildman–Crippen LogP) is 0.898. The van der Waals surface area contributed by atoms with Gasteiger partial charge in [-0.1, -0.05) is 18.2 Å². The number of hydrogen-bond donors (Lipinski definition) is 0. The van der Waals surface area contributed by atoms with E-state index in [9.17, 15) is 8.42 Å². The van der Waals surface area contributed by atoms with Crippen LogP contribution in [-0.4, -0.2) is 39.1 Å². The zero-order chi connectivity index (χ0) is 11.8. The largest absolute Gasteiger partial charge is 0.373 e. The summed E-state index contributed by atoms with van der Waals surface area (Å²) < 4.78 is 24.6. The molecule has 0 amide bonds. The molecule has 5 heteroatoms. The first-order chi connectivity index (χ1) is 7.48. The van der Waals surface area contributed by atoms with Crippen molar-refractivity contribution >= 4 is 15.7 Å². The number of para-hydroxylation sites is 1. The molecule has 0 saturated heterocycles. The molecule has 0 radical (unpaired) electrons. The molecule has 0 atom stereocenters. The first-order valence-electron chi connectivity index (χ1n) is 5.22. The Bertz CT molecular complexity index is 485. The first kappa shape index (κ1) is 11.4. The van der Waals surface area contributed by atoms with E-state index in [0.29, 0.717) is 13.1 Å². The maximum absolute atomic E-state index is 11.6. The minimum Gasteiger partial charge on any atom is -0.373 e. The SMILES string of the molecule is CN1CCN(S(C)(=O)=O)Cc2ccccc21. The van der Waals surface area contributed by atoms with E-state index in [1.54, 1.807) is 0 Å². The summed E-state index contributed by atoms with van der Waals surface area (Å²) in [5, 5.41) is 0. The van der Waals surface area contributed by atoms with Crippen LogP contribution in [0.2, 0.25) is 0 Å². The van der Waals surface area contributed by atoms with E-state index in [1.807, 2.05) is 31.3 Å². The highest BCUT2D eigenvalue weighted by atomic mass is 32.2. The van der Waals surface area contributed by atoms with Crippen LogP contribution in [0.4, 0.5) is 5.69 Å². The molecule has 1 aromatic rings. The summed E-state index contributed by atoms with van der Waals surface area (Å²) >= 11 is 0. The molecule has 1 aromatic carbocycles. The zero-order valence-electron chi connectivity index (χ0n) is 9.55. The standard InChI is InChI=1S/C11H16N2O2S/c1-12-7-8-13(16(2,14)15)9-10-5-3-4-6-11(10)12/h3-6H,7-9H2,1-2H3. The van der Waals surface area contributed by atoms with E-state index in [0.717, 1.165) is 17.8 Å². The smallest absolute Gasteiger partial charge is 0.211 e. The molecule has 88 valence electrons. The Morgan fingerprint density at radius 1 is 1.19 bits per heavy atom. The van der Waals surface area contributed by atoms with Gasteiger partial charge in [0.25, 0.3) is 0 Å². The normalized spacial score (nSPS) is 18.0. The predicted molar refractivity (Wildman–Crippen MR) is 65.0 cm³/mol. The lowest BCUT2D eigenvalue weighted by Gasteiger charge is -2.18. The van der Waals surface area contributed by atoms with Crippen LogP contribution in [0.25, 0.3) is 0 Å². The highest BCUT2D eigenvalue weighted by molar-refractivity contribution is 7.88. The van der Waals surface area contributed by atoms with Crippen LogP contribution in [0, 0.1) is 0 Å². The van der Waals surface area contributed by atoms with Crippen molar-refractivity contribution in [1.29, 1.82) is 0 Å². The molecule has 1 aliphatic rings. The molecular formula is C11H16N2O2S. The van der Waals surface area contributed by atoms with Gasteiger partial charge in [0.15, 0.2) is 0 Å². The monoisotopic (exact) mass is 240 g/mol. The van der Waals surface area contributed by atoms with Crippen molar-refractivity contribution in [3.8, 4) is 0 Å². The van der Waals surface area contributed by atoms with Gasteiger partial charge in [0, 0.05) is 32.4 Å². The average molecular weight is 240 g/mol. The summed E-state index contributed by atoms with van der Waals surface area (Å²) in [7, 11) is -1.12. The molecule has 4 nitrogen and oxygen atoms in total. The van der Waals surface area contributed by atoms with Gasteiger partial charge in [-0.15, -0.1) is 0 Å². The third-order valence-electron chi connectivity index (χ3n) is 2.90. The number of rotatable bonds is 1. The lowest BCUT2D eigenvalue weighted by Crippen LogP contribution is -2.33. The molecule has 0 fully saturated rings. The lowest BCUT2D eigenvalue weighted by atomic mass is 10.1. The Morgan fingerprint density at radius 2 is 1.88 bits per heavy atom. The molecule has 0 N–H and O–H groups in total. The van der Waals surface area contributed by atoms with Crippen LogP contribution in [0.1, 0.15) is 5.56 Å². The van der Waals surface area contributed by atoms with Gasteiger partial charge in [-0.25, -0.2) is 8.42 Å². The average Bonchev–Trinajstić information content (AvgIpc) is 2.38. The van der Waals surface area contributed by atoms with Crippen molar-refractivity contribution in [2.45, 2.75) is 6.54 Å². The minimum absolute atomic E-state index is 0.472. The second-order valence-corrected chi connectivity index (χ2v) is 6.13. The maximum Gasteiger partial charge on any atom is 0.211 e. The van der Waals surface area contributed by atoms with E-state index < -0.39 is 10.0 Å². The Labute approximate surface area is 96.5 Å². The fourth-order valence-electron chi connectivity index (χ4n) is 1.95. The van der Waals surface area contributed by atoms with Gasteiger partial charge in [0.2, 0.25) is 10.0 Å². The summed E-state index contributed by atoms with van der Waals surface area (Å²) in [5.41, 5.74) is 2.18. The molecular weight excluding hydrogens is 224 g/mol. The number of benzene rings is 1. The maximum atomic E-state index is 11.6. The molecule has 16 heavy (non-hydrogen) atoms. The summed E-state index contributed by atoms with van der Waals surface area (Å²) in [4.78, 5) is 2.10. The van der Waals surface area contributed by atoms with Gasteiger partial charge in [0.05, 0.1) is 6.26 Å². The van der Waals surface area contributed by atoms with Crippen molar-refractivity contribution in [3.05, 3.63) is 29.8 Å². The molecule has 0 unspecified atom stereocenters. The van der Waals surface area contributed by atoms with Crippen LogP contribution in [0.3, 0.4) is 0 Å². The van der Waals surface area contributed by atoms with Gasteiger partial charge in [-0.05, 0) is 11.6 Å². The second kappa shape index (κ2) is 4.07. The number of fused-ring (bicyclic) bond motifs is 1. The number of hydrogen-bond acceptors (Lipinski definition) is 3. The zero-order valence-corrected chi connectivity index (χ0v) is 10.4. The van der Waals surface area contributed by atoms with Gasteiger partial charge in [0.1, 0.15) is 0 Å². The topological polar surface area (TPSA) is 40.6 Å². The van der Waals surface area contributed by atoms with Gasteiger partial charge in [-0.3, -0.25) is 0 Å². The van der Waals surface area contributed by atoms with Crippen LogP contribution in [-0.2, 0) is 16.6 Å².